The Morgan fingerprint density at radius 3 is 1.67 bits per heavy atom. The SMILES string of the molecule is CC1C(=O)OC(=O)C1C.CC1C2CC(C(=O)OCCO)C(C2)C1C.CCC1(OC(=O)C2CC3CC2C(C)C3C)CC2CCC1C2. The molecule has 1 saturated heterocycles. The Labute approximate surface area is 270 Å². The van der Waals surface area contributed by atoms with Crippen LogP contribution in [0.4, 0.5) is 0 Å². The average Bonchev–Trinajstić information content (AvgIpc) is 3.89. The van der Waals surface area contributed by atoms with Gasteiger partial charge in [0.1, 0.15) is 12.2 Å². The third kappa shape index (κ3) is 6.47. The lowest BCUT2D eigenvalue weighted by Gasteiger charge is -2.39. The molecule has 15 atom stereocenters. The zero-order valence-electron chi connectivity index (χ0n) is 28.7. The van der Waals surface area contributed by atoms with E-state index in [0.717, 1.165) is 55.3 Å². The van der Waals surface area contributed by atoms with E-state index in [1.807, 2.05) is 0 Å². The molecule has 6 aliphatic carbocycles. The van der Waals surface area contributed by atoms with Crippen molar-refractivity contribution in [3.8, 4) is 0 Å². The number of fused-ring (bicyclic) bond motifs is 6. The summed E-state index contributed by atoms with van der Waals surface area (Å²) in [6.07, 6.45) is 10.7. The monoisotopic (exact) mass is 630 g/mol. The van der Waals surface area contributed by atoms with Crippen molar-refractivity contribution < 1.29 is 38.5 Å². The molecule has 0 amide bonds. The second-order valence-corrected chi connectivity index (χ2v) is 16.1. The number of cyclic esters (lactones) is 2. The molecule has 1 aliphatic heterocycles. The fourth-order valence-electron chi connectivity index (χ4n) is 10.7. The van der Waals surface area contributed by atoms with E-state index in [1.54, 1.807) is 13.8 Å². The third-order valence-corrected chi connectivity index (χ3v) is 14.3. The molecule has 7 aliphatic rings. The molecule has 0 aromatic heterocycles. The van der Waals surface area contributed by atoms with Gasteiger partial charge in [0.2, 0.25) is 0 Å². The van der Waals surface area contributed by atoms with Gasteiger partial charge in [0.05, 0.1) is 30.3 Å². The van der Waals surface area contributed by atoms with E-state index < -0.39 is 11.9 Å². The van der Waals surface area contributed by atoms with Gasteiger partial charge < -0.3 is 19.3 Å². The van der Waals surface area contributed by atoms with Crippen LogP contribution in [0.1, 0.15) is 106 Å². The van der Waals surface area contributed by atoms with Crippen LogP contribution >= 0.6 is 0 Å². The van der Waals surface area contributed by atoms with Gasteiger partial charge in [0.25, 0.3) is 0 Å². The number of ether oxygens (including phenoxy) is 3. The molecule has 0 radical (unpaired) electrons. The van der Waals surface area contributed by atoms with Crippen molar-refractivity contribution in [1.29, 1.82) is 0 Å². The van der Waals surface area contributed by atoms with Gasteiger partial charge in [-0.15, -0.1) is 0 Å². The van der Waals surface area contributed by atoms with E-state index in [9.17, 15) is 19.2 Å². The maximum absolute atomic E-state index is 12.9. The summed E-state index contributed by atoms with van der Waals surface area (Å²) in [5.41, 5.74) is -0.0866. The van der Waals surface area contributed by atoms with E-state index in [0.29, 0.717) is 29.6 Å². The Kier molecular flexibility index (Phi) is 10.4. The minimum atomic E-state index is -0.396. The first kappa shape index (κ1) is 34.4. The molecule has 1 heterocycles. The van der Waals surface area contributed by atoms with Crippen LogP contribution in [0.5, 0.6) is 0 Å². The summed E-state index contributed by atoms with van der Waals surface area (Å²) < 4.78 is 15.6. The summed E-state index contributed by atoms with van der Waals surface area (Å²) >= 11 is 0. The Bertz CT molecular complexity index is 1100. The molecule has 0 aromatic carbocycles. The summed E-state index contributed by atoms with van der Waals surface area (Å²) in [7, 11) is 0. The zero-order valence-corrected chi connectivity index (χ0v) is 28.7. The Morgan fingerprint density at radius 2 is 1.31 bits per heavy atom. The zero-order chi connectivity index (χ0) is 32.8. The van der Waals surface area contributed by atoms with Gasteiger partial charge in [-0.25, -0.2) is 0 Å². The molecule has 15 unspecified atom stereocenters. The first-order chi connectivity index (χ1) is 21.3. The number of hydrogen-bond acceptors (Lipinski definition) is 8. The molecule has 7 fully saturated rings. The van der Waals surface area contributed by atoms with Crippen LogP contribution < -0.4 is 0 Å². The van der Waals surface area contributed by atoms with Crippen molar-refractivity contribution in [1.82, 2.24) is 0 Å². The summed E-state index contributed by atoms with van der Waals surface area (Å²) in [6.45, 7) is 15.0. The lowest BCUT2D eigenvalue weighted by atomic mass is 9.75. The molecule has 0 aromatic rings. The molecule has 8 heteroatoms. The first-order valence-electron chi connectivity index (χ1n) is 18.1. The molecule has 0 spiro atoms. The minimum absolute atomic E-state index is 0.0709. The molecule has 6 bridgehead atoms. The van der Waals surface area contributed by atoms with Crippen molar-refractivity contribution in [2.75, 3.05) is 13.2 Å². The molecule has 254 valence electrons. The average molecular weight is 631 g/mol. The molecule has 1 N–H and O–H groups in total. The van der Waals surface area contributed by atoms with Crippen LogP contribution in [0.15, 0.2) is 0 Å². The van der Waals surface area contributed by atoms with Crippen LogP contribution in [-0.4, -0.2) is 47.8 Å². The van der Waals surface area contributed by atoms with Gasteiger partial charge in [-0.05, 0) is 117 Å². The number of hydrogen-bond donors (Lipinski definition) is 1. The highest BCUT2D eigenvalue weighted by Crippen LogP contribution is 2.58. The van der Waals surface area contributed by atoms with Crippen molar-refractivity contribution in [2.45, 2.75) is 112 Å². The molecule has 8 nitrogen and oxygen atoms in total. The maximum Gasteiger partial charge on any atom is 0.317 e. The second kappa shape index (κ2) is 13.6. The van der Waals surface area contributed by atoms with Crippen molar-refractivity contribution >= 4 is 23.9 Å². The normalized spacial score (nSPS) is 46.8. The summed E-state index contributed by atoms with van der Waals surface area (Å²) in [5.74, 6) is 6.14. The van der Waals surface area contributed by atoms with Gasteiger partial charge >= 0.3 is 23.9 Å². The lowest BCUT2D eigenvalue weighted by Crippen LogP contribution is -2.43. The van der Waals surface area contributed by atoms with E-state index in [-0.39, 0.29) is 54.4 Å². The van der Waals surface area contributed by atoms with Crippen molar-refractivity contribution in [3.05, 3.63) is 0 Å². The van der Waals surface area contributed by atoms with Crippen LogP contribution in [-0.2, 0) is 33.4 Å². The highest BCUT2D eigenvalue weighted by atomic mass is 16.6. The van der Waals surface area contributed by atoms with Crippen LogP contribution in [0.2, 0.25) is 0 Å². The quantitative estimate of drug-likeness (QED) is 0.209. The molecule has 7 rings (SSSR count). The van der Waals surface area contributed by atoms with Crippen molar-refractivity contribution in [2.24, 2.45) is 82.9 Å². The van der Waals surface area contributed by atoms with E-state index >= 15 is 0 Å². The topological polar surface area (TPSA) is 116 Å². The van der Waals surface area contributed by atoms with Crippen LogP contribution in [0.25, 0.3) is 0 Å². The minimum Gasteiger partial charge on any atom is -0.463 e. The van der Waals surface area contributed by atoms with Gasteiger partial charge in [-0.1, -0.05) is 48.5 Å². The van der Waals surface area contributed by atoms with E-state index in [2.05, 4.69) is 39.4 Å². The fraction of sp³-hybridized carbons (Fsp3) is 0.892. The highest BCUT2D eigenvalue weighted by molar-refractivity contribution is 5.95. The number of carbonyl (C=O) groups excluding carboxylic acids is 4. The Morgan fingerprint density at radius 1 is 0.778 bits per heavy atom. The number of rotatable bonds is 6. The summed E-state index contributed by atoms with van der Waals surface area (Å²) in [6, 6.07) is 0. The molecule has 6 saturated carbocycles. The van der Waals surface area contributed by atoms with Gasteiger partial charge in [-0.2, -0.15) is 0 Å². The smallest absolute Gasteiger partial charge is 0.317 e. The van der Waals surface area contributed by atoms with E-state index in [1.165, 1.54) is 32.1 Å². The first-order valence-corrected chi connectivity index (χ1v) is 18.1. The van der Waals surface area contributed by atoms with Crippen LogP contribution in [0.3, 0.4) is 0 Å². The molecular formula is C37H58O8. The van der Waals surface area contributed by atoms with Gasteiger partial charge in [-0.3, -0.25) is 19.2 Å². The van der Waals surface area contributed by atoms with E-state index in [4.69, 9.17) is 14.6 Å². The number of aliphatic hydroxyl groups excluding tert-OH is 1. The fourth-order valence-corrected chi connectivity index (χ4v) is 10.7. The summed E-state index contributed by atoms with van der Waals surface area (Å²) in [5, 5.41) is 8.61. The Balaban J connectivity index is 0.000000146. The van der Waals surface area contributed by atoms with Gasteiger partial charge in [0.15, 0.2) is 0 Å². The molecular weight excluding hydrogens is 572 g/mol. The highest BCUT2D eigenvalue weighted by Gasteiger charge is 2.56. The predicted molar refractivity (Wildman–Crippen MR) is 168 cm³/mol. The number of aliphatic hydroxyl groups is 1. The standard InChI is InChI=1S/C19H30O2.C12H20O3.C6H8O3/c1-4-19(10-13-5-6-15(19)7-13)21-18(20)17-9-14-8-16(17)12(3)11(14)2;1-7-8(2)10-5-9(7)6-11(10)12(14)15-4-3-13;1-3-4(2)6(8)9-5(3)7/h11-17H,4-10H2,1-3H3;7-11,13H,3-6H2,1-2H3;3-4H,1-2H3. The lowest BCUT2D eigenvalue weighted by molar-refractivity contribution is -0.174. The summed E-state index contributed by atoms with van der Waals surface area (Å²) in [4.78, 5) is 45.7. The van der Waals surface area contributed by atoms with Crippen LogP contribution in [0, 0.1) is 82.9 Å². The van der Waals surface area contributed by atoms with Crippen molar-refractivity contribution in [3.63, 3.8) is 0 Å². The number of carbonyl (C=O) groups is 4. The maximum atomic E-state index is 12.9. The van der Waals surface area contributed by atoms with Gasteiger partial charge in [0, 0.05) is 0 Å². The molecule has 45 heavy (non-hydrogen) atoms. The third-order valence-electron chi connectivity index (χ3n) is 14.3. The second-order valence-electron chi connectivity index (χ2n) is 16.1. The number of esters is 4. The Hall–Kier alpha value is -1.96. The predicted octanol–water partition coefficient (Wildman–Crippen LogP) is 6.22. The largest absolute Gasteiger partial charge is 0.463 e.